The summed E-state index contributed by atoms with van der Waals surface area (Å²) in [6.45, 7) is 5.41. The molecular weight excluding hydrogens is 321 g/mol. The topological polar surface area (TPSA) is 69.3 Å². The molecule has 0 bridgehead atoms. The molecule has 0 spiro atoms. The molecule has 0 aliphatic rings. The highest BCUT2D eigenvalue weighted by atomic mass is 19.1. The van der Waals surface area contributed by atoms with E-state index in [0.717, 1.165) is 10.9 Å². The van der Waals surface area contributed by atoms with E-state index < -0.39 is 17.5 Å². The molecule has 3 rings (SSSR count). The number of nitrogens with one attached hydrogen (secondary N) is 1. The molecule has 5 nitrogen and oxygen atoms in total. The number of fused-ring (bicyclic) bond motifs is 1. The van der Waals surface area contributed by atoms with Crippen LogP contribution in [0.3, 0.4) is 0 Å². The highest BCUT2D eigenvalue weighted by Crippen LogP contribution is 2.26. The number of aromatic nitrogens is 1. The van der Waals surface area contributed by atoms with E-state index in [0.29, 0.717) is 17.1 Å². The van der Waals surface area contributed by atoms with Crippen LogP contribution in [0, 0.1) is 5.82 Å². The summed E-state index contributed by atoms with van der Waals surface area (Å²) in [7, 11) is 0. The summed E-state index contributed by atoms with van der Waals surface area (Å²) in [6, 6.07) is 11.8. The molecule has 0 fully saturated rings. The Morgan fingerprint density at radius 3 is 2.60 bits per heavy atom. The number of halogens is 1. The molecule has 2 aromatic carbocycles. The van der Waals surface area contributed by atoms with Crippen molar-refractivity contribution in [3.8, 4) is 5.69 Å². The minimum absolute atomic E-state index is 0.376. The van der Waals surface area contributed by atoms with Crippen LogP contribution < -0.4 is 11.1 Å². The van der Waals surface area contributed by atoms with E-state index in [-0.39, 0.29) is 0 Å². The van der Waals surface area contributed by atoms with Crippen LogP contribution in [0.15, 0.2) is 48.7 Å². The van der Waals surface area contributed by atoms with Crippen molar-refractivity contribution in [3.63, 3.8) is 0 Å². The second-order valence-electron chi connectivity index (χ2n) is 6.80. The molecule has 0 saturated carbocycles. The van der Waals surface area contributed by atoms with Gasteiger partial charge in [-0.05, 0) is 63.2 Å². The maximum atomic E-state index is 14.2. The zero-order valence-corrected chi connectivity index (χ0v) is 14.3. The third-order valence-corrected chi connectivity index (χ3v) is 3.57. The molecule has 6 heteroatoms. The van der Waals surface area contributed by atoms with E-state index in [1.165, 1.54) is 6.07 Å². The second kappa shape index (κ2) is 6.12. The van der Waals surface area contributed by atoms with Gasteiger partial charge in [0, 0.05) is 23.0 Å². The van der Waals surface area contributed by atoms with E-state index in [1.54, 1.807) is 49.7 Å². The lowest BCUT2D eigenvalue weighted by atomic mass is 10.2. The minimum atomic E-state index is -0.565. The van der Waals surface area contributed by atoms with E-state index in [9.17, 15) is 9.18 Å². The average Bonchev–Trinajstić information content (AvgIpc) is 2.88. The maximum absolute atomic E-state index is 14.2. The number of hydrogen-bond acceptors (Lipinski definition) is 3. The number of hydrogen-bond donors (Lipinski definition) is 2. The first-order valence-corrected chi connectivity index (χ1v) is 7.89. The first-order chi connectivity index (χ1) is 11.7. The molecule has 3 aromatic rings. The third kappa shape index (κ3) is 3.74. The lowest BCUT2D eigenvalue weighted by Crippen LogP contribution is -2.27. The Hall–Kier alpha value is -3.02. The Kier molecular flexibility index (Phi) is 4.12. The predicted molar refractivity (Wildman–Crippen MR) is 97.5 cm³/mol. The predicted octanol–water partition coefficient (Wildman–Crippen LogP) is 4.70. The number of nitrogen functional groups attached to an aromatic ring is 1. The van der Waals surface area contributed by atoms with Gasteiger partial charge in [-0.1, -0.05) is 0 Å². The van der Waals surface area contributed by atoms with Crippen molar-refractivity contribution >= 4 is 28.4 Å². The van der Waals surface area contributed by atoms with Crippen LogP contribution in [0.25, 0.3) is 16.6 Å². The molecule has 130 valence electrons. The van der Waals surface area contributed by atoms with Gasteiger partial charge in [-0.2, -0.15) is 0 Å². The number of amides is 1. The summed E-state index contributed by atoms with van der Waals surface area (Å²) < 4.78 is 21.2. The Labute approximate surface area is 145 Å². The molecule has 1 amide bonds. The molecular formula is C19H20FN3O2. The quantitative estimate of drug-likeness (QED) is 0.664. The van der Waals surface area contributed by atoms with Crippen molar-refractivity contribution in [2.75, 3.05) is 11.1 Å². The van der Waals surface area contributed by atoms with Crippen LogP contribution in [-0.4, -0.2) is 16.3 Å². The lowest BCUT2D eigenvalue weighted by Gasteiger charge is -2.19. The van der Waals surface area contributed by atoms with Crippen LogP contribution in [0.4, 0.5) is 20.6 Å². The number of carbonyl (C=O) groups excluding carboxylic acids is 1. The third-order valence-electron chi connectivity index (χ3n) is 3.57. The summed E-state index contributed by atoms with van der Waals surface area (Å²) in [5, 5.41) is 3.56. The fourth-order valence-corrected chi connectivity index (χ4v) is 2.57. The Balaban J connectivity index is 1.90. The van der Waals surface area contributed by atoms with Gasteiger partial charge in [0.25, 0.3) is 0 Å². The fourth-order valence-electron chi connectivity index (χ4n) is 2.57. The number of anilines is 2. The highest BCUT2D eigenvalue weighted by molar-refractivity contribution is 5.91. The SMILES string of the molecule is CC(C)(C)OC(=O)Nc1ccc2c(ccn2-c2ccc(N)cc2F)c1. The Morgan fingerprint density at radius 1 is 1.16 bits per heavy atom. The number of carbonyl (C=O) groups is 1. The van der Waals surface area contributed by atoms with Gasteiger partial charge in [0.2, 0.25) is 0 Å². The van der Waals surface area contributed by atoms with Gasteiger partial charge in [0.1, 0.15) is 11.4 Å². The Bertz CT molecular complexity index is 941. The van der Waals surface area contributed by atoms with Crippen molar-refractivity contribution in [2.45, 2.75) is 26.4 Å². The van der Waals surface area contributed by atoms with E-state index >= 15 is 0 Å². The zero-order valence-electron chi connectivity index (χ0n) is 14.3. The first kappa shape index (κ1) is 16.8. The molecule has 25 heavy (non-hydrogen) atoms. The Morgan fingerprint density at radius 2 is 1.92 bits per heavy atom. The van der Waals surface area contributed by atoms with Crippen molar-refractivity contribution < 1.29 is 13.9 Å². The van der Waals surface area contributed by atoms with Gasteiger partial charge in [0.15, 0.2) is 0 Å². The van der Waals surface area contributed by atoms with Crippen molar-refractivity contribution in [3.05, 3.63) is 54.5 Å². The van der Waals surface area contributed by atoms with Crippen LogP contribution >= 0.6 is 0 Å². The van der Waals surface area contributed by atoms with Crippen LogP contribution in [0.1, 0.15) is 20.8 Å². The fraction of sp³-hybridized carbons (Fsp3) is 0.211. The van der Waals surface area contributed by atoms with Crippen LogP contribution in [0.2, 0.25) is 0 Å². The number of nitrogens with zero attached hydrogens (tertiary/aromatic N) is 1. The standard InChI is InChI=1S/C19H20FN3O2/c1-19(2,3)25-18(24)22-14-5-7-16-12(10-14)8-9-23(16)17-6-4-13(21)11-15(17)20/h4-11H,21H2,1-3H3,(H,22,24). The summed E-state index contributed by atoms with van der Waals surface area (Å²) >= 11 is 0. The van der Waals surface area contributed by atoms with Crippen LogP contribution in [-0.2, 0) is 4.74 Å². The lowest BCUT2D eigenvalue weighted by molar-refractivity contribution is 0.0636. The van der Waals surface area contributed by atoms with Crippen molar-refractivity contribution in [2.24, 2.45) is 0 Å². The number of rotatable bonds is 2. The molecule has 1 aromatic heterocycles. The minimum Gasteiger partial charge on any atom is -0.444 e. The summed E-state index contributed by atoms with van der Waals surface area (Å²) in [5.74, 6) is -0.395. The van der Waals surface area contributed by atoms with E-state index in [4.69, 9.17) is 10.5 Å². The molecule has 0 atom stereocenters. The molecule has 0 radical (unpaired) electrons. The van der Waals surface area contributed by atoms with Crippen molar-refractivity contribution in [1.29, 1.82) is 0 Å². The monoisotopic (exact) mass is 341 g/mol. The first-order valence-electron chi connectivity index (χ1n) is 7.89. The normalized spacial score (nSPS) is 11.5. The molecule has 0 aliphatic carbocycles. The number of benzene rings is 2. The average molecular weight is 341 g/mol. The smallest absolute Gasteiger partial charge is 0.412 e. The number of nitrogens with two attached hydrogens (primary N) is 1. The van der Waals surface area contributed by atoms with Crippen molar-refractivity contribution in [1.82, 2.24) is 4.57 Å². The molecule has 0 unspecified atom stereocenters. The second-order valence-corrected chi connectivity index (χ2v) is 6.80. The van der Waals surface area contributed by atoms with Gasteiger partial charge in [0.05, 0.1) is 11.2 Å². The van der Waals surface area contributed by atoms with E-state index in [1.807, 2.05) is 18.2 Å². The van der Waals surface area contributed by atoms with Gasteiger partial charge in [-0.15, -0.1) is 0 Å². The summed E-state index contributed by atoms with van der Waals surface area (Å²) in [4.78, 5) is 11.9. The highest BCUT2D eigenvalue weighted by Gasteiger charge is 2.16. The largest absolute Gasteiger partial charge is 0.444 e. The molecule has 3 N–H and O–H groups in total. The van der Waals surface area contributed by atoms with Gasteiger partial charge in [-0.3, -0.25) is 5.32 Å². The molecule has 0 saturated heterocycles. The van der Waals surface area contributed by atoms with Gasteiger partial charge < -0.3 is 15.0 Å². The molecule has 0 aliphatic heterocycles. The van der Waals surface area contributed by atoms with E-state index in [2.05, 4.69) is 5.32 Å². The zero-order chi connectivity index (χ0) is 18.2. The number of ether oxygens (including phenoxy) is 1. The maximum Gasteiger partial charge on any atom is 0.412 e. The molecule has 1 heterocycles. The summed E-state index contributed by atoms with van der Waals surface area (Å²) in [5.41, 5.74) is 7.25. The van der Waals surface area contributed by atoms with Crippen LogP contribution in [0.5, 0.6) is 0 Å². The van der Waals surface area contributed by atoms with Gasteiger partial charge in [-0.25, -0.2) is 9.18 Å². The van der Waals surface area contributed by atoms with Gasteiger partial charge >= 0.3 is 6.09 Å². The summed E-state index contributed by atoms with van der Waals surface area (Å²) in [6.07, 6.45) is 1.26.